The van der Waals surface area contributed by atoms with Crippen LogP contribution in [0.3, 0.4) is 0 Å². The Morgan fingerprint density at radius 2 is 2.06 bits per heavy atom. The molecule has 0 aliphatic carbocycles. The summed E-state index contributed by atoms with van der Waals surface area (Å²) in [5.74, 6) is 5.10. The van der Waals surface area contributed by atoms with Crippen molar-refractivity contribution in [2.75, 3.05) is 0 Å². The van der Waals surface area contributed by atoms with E-state index in [0.29, 0.717) is 0 Å². The molecule has 0 fully saturated rings. The second-order valence-electron chi connectivity index (χ2n) is 3.71. The highest BCUT2D eigenvalue weighted by Gasteiger charge is 2.13. The highest BCUT2D eigenvalue weighted by molar-refractivity contribution is 7.80. The van der Waals surface area contributed by atoms with Crippen molar-refractivity contribution in [2.24, 2.45) is 11.6 Å². The van der Waals surface area contributed by atoms with Gasteiger partial charge in [0.25, 0.3) is 0 Å². The zero-order valence-corrected chi connectivity index (χ0v) is 10.2. The first-order valence-corrected chi connectivity index (χ1v) is 5.26. The SMILES string of the molecule is Cc1ccc(CC(=O)N(N)C(N)=S)c(C)c1. The molecule has 86 valence electrons. The summed E-state index contributed by atoms with van der Waals surface area (Å²) in [6, 6.07) is 5.89. The van der Waals surface area contributed by atoms with Crippen LogP contribution in [0.1, 0.15) is 16.7 Å². The molecule has 0 spiro atoms. The minimum Gasteiger partial charge on any atom is -0.375 e. The number of benzene rings is 1. The van der Waals surface area contributed by atoms with Gasteiger partial charge in [0, 0.05) is 0 Å². The van der Waals surface area contributed by atoms with Crippen LogP contribution in [0, 0.1) is 13.8 Å². The summed E-state index contributed by atoms with van der Waals surface area (Å²) in [7, 11) is 0. The molecule has 1 amide bonds. The van der Waals surface area contributed by atoms with E-state index in [1.54, 1.807) is 0 Å². The third kappa shape index (κ3) is 3.01. The number of hydrogen-bond donors (Lipinski definition) is 2. The van der Waals surface area contributed by atoms with E-state index in [1.165, 1.54) is 0 Å². The molecule has 16 heavy (non-hydrogen) atoms. The molecule has 1 rings (SSSR count). The Morgan fingerprint density at radius 1 is 1.44 bits per heavy atom. The van der Waals surface area contributed by atoms with Crippen LogP contribution in [0.15, 0.2) is 18.2 Å². The standard InChI is InChI=1S/C11H15N3OS/c1-7-3-4-9(8(2)5-7)6-10(15)14(13)11(12)16/h3-5H,6,13H2,1-2H3,(H2,12,16). The van der Waals surface area contributed by atoms with Gasteiger partial charge in [-0.05, 0) is 37.2 Å². The summed E-state index contributed by atoms with van der Waals surface area (Å²) < 4.78 is 0. The topological polar surface area (TPSA) is 72.3 Å². The number of rotatable bonds is 2. The molecule has 0 unspecified atom stereocenters. The molecule has 4 N–H and O–H groups in total. The molecule has 0 radical (unpaired) electrons. The second kappa shape index (κ2) is 5.05. The Bertz CT molecular complexity index is 431. The lowest BCUT2D eigenvalue weighted by atomic mass is 10.0. The molecule has 0 saturated carbocycles. The van der Waals surface area contributed by atoms with Crippen LogP contribution >= 0.6 is 12.2 Å². The average molecular weight is 237 g/mol. The normalized spacial score (nSPS) is 9.94. The van der Waals surface area contributed by atoms with Crippen LogP contribution in [0.5, 0.6) is 0 Å². The zero-order valence-electron chi connectivity index (χ0n) is 9.36. The fraction of sp³-hybridized carbons (Fsp3) is 0.273. The fourth-order valence-electron chi connectivity index (χ4n) is 1.42. The summed E-state index contributed by atoms with van der Waals surface area (Å²) >= 11 is 4.62. The number of nitrogens with zero attached hydrogens (tertiary/aromatic N) is 1. The lowest BCUT2D eigenvalue weighted by Crippen LogP contribution is -2.46. The maximum atomic E-state index is 11.6. The van der Waals surface area contributed by atoms with Crippen molar-refractivity contribution < 1.29 is 4.79 Å². The van der Waals surface area contributed by atoms with Crippen molar-refractivity contribution in [3.63, 3.8) is 0 Å². The number of amides is 1. The molecular formula is C11H15N3OS. The minimum atomic E-state index is -0.306. The maximum Gasteiger partial charge on any atom is 0.247 e. The maximum absolute atomic E-state index is 11.6. The molecule has 1 aromatic carbocycles. The van der Waals surface area contributed by atoms with Crippen LogP contribution in [-0.2, 0) is 11.2 Å². The van der Waals surface area contributed by atoms with Crippen LogP contribution in [0.2, 0.25) is 0 Å². The molecule has 1 aromatic rings. The first-order valence-electron chi connectivity index (χ1n) is 4.85. The number of carbonyl (C=O) groups excluding carboxylic acids is 1. The van der Waals surface area contributed by atoms with Crippen molar-refractivity contribution in [1.29, 1.82) is 0 Å². The van der Waals surface area contributed by atoms with Gasteiger partial charge in [-0.15, -0.1) is 0 Å². The van der Waals surface area contributed by atoms with E-state index >= 15 is 0 Å². The molecule has 0 bridgehead atoms. The van der Waals surface area contributed by atoms with Gasteiger partial charge in [0.2, 0.25) is 5.91 Å². The Labute approximate surface area is 100 Å². The molecule has 0 aromatic heterocycles. The summed E-state index contributed by atoms with van der Waals surface area (Å²) in [4.78, 5) is 11.6. The highest BCUT2D eigenvalue weighted by Crippen LogP contribution is 2.11. The largest absolute Gasteiger partial charge is 0.375 e. The Morgan fingerprint density at radius 3 is 2.56 bits per heavy atom. The lowest BCUT2D eigenvalue weighted by molar-refractivity contribution is -0.126. The molecule has 0 atom stereocenters. The Kier molecular flexibility index (Phi) is 3.98. The van der Waals surface area contributed by atoms with Crippen LogP contribution in [0.4, 0.5) is 0 Å². The molecule has 0 aliphatic heterocycles. The predicted octanol–water partition coefficient (Wildman–Crippen LogP) is 0.792. The average Bonchev–Trinajstić information content (AvgIpc) is 2.20. The van der Waals surface area contributed by atoms with Gasteiger partial charge in [0.05, 0.1) is 6.42 Å². The van der Waals surface area contributed by atoms with Gasteiger partial charge in [-0.2, -0.15) is 0 Å². The van der Waals surface area contributed by atoms with E-state index in [2.05, 4.69) is 12.2 Å². The van der Waals surface area contributed by atoms with Gasteiger partial charge < -0.3 is 5.73 Å². The van der Waals surface area contributed by atoms with Gasteiger partial charge in [0.15, 0.2) is 5.11 Å². The first kappa shape index (κ1) is 12.6. The summed E-state index contributed by atoms with van der Waals surface area (Å²) in [6.45, 7) is 3.96. The molecule has 0 aliphatic rings. The molecule has 4 nitrogen and oxygen atoms in total. The second-order valence-corrected chi connectivity index (χ2v) is 4.13. The summed E-state index contributed by atoms with van der Waals surface area (Å²) in [6.07, 6.45) is 0.208. The number of carbonyl (C=O) groups is 1. The molecule has 5 heteroatoms. The number of nitrogens with two attached hydrogens (primary N) is 2. The third-order valence-electron chi connectivity index (χ3n) is 2.35. The Hall–Kier alpha value is -1.46. The minimum absolute atomic E-state index is 0.116. The molecule has 0 heterocycles. The van der Waals surface area contributed by atoms with Crippen LogP contribution in [-0.4, -0.2) is 16.0 Å². The number of hydrogen-bond acceptors (Lipinski definition) is 3. The Balaban J connectivity index is 2.81. The van der Waals surface area contributed by atoms with E-state index in [1.807, 2.05) is 32.0 Å². The van der Waals surface area contributed by atoms with E-state index in [9.17, 15) is 4.79 Å². The van der Waals surface area contributed by atoms with E-state index < -0.39 is 0 Å². The molecule has 0 saturated heterocycles. The van der Waals surface area contributed by atoms with Gasteiger partial charge in [-0.3, -0.25) is 4.79 Å². The van der Waals surface area contributed by atoms with Gasteiger partial charge in [0.1, 0.15) is 0 Å². The van der Waals surface area contributed by atoms with Crippen molar-refractivity contribution >= 4 is 23.2 Å². The van der Waals surface area contributed by atoms with Crippen LogP contribution in [0.25, 0.3) is 0 Å². The van der Waals surface area contributed by atoms with E-state index in [0.717, 1.165) is 21.7 Å². The third-order valence-corrected chi connectivity index (χ3v) is 2.54. The zero-order chi connectivity index (χ0) is 12.3. The van der Waals surface area contributed by atoms with Gasteiger partial charge in [-0.25, -0.2) is 10.9 Å². The summed E-state index contributed by atoms with van der Waals surface area (Å²) in [5.41, 5.74) is 8.42. The number of aryl methyl sites for hydroxylation is 2. The smallest absolute Gasteiger partial charge is 0.247 e. The lowest BCUT2D eigenvalue weighted by Gasteiger charge is -2.14. The van der Waals surface area contributed by atoms with Crippen molar-refractivity contribution in [3.8, 4) is 0 Å². The molecular weight excluding hydrogens is 222 g/mol. The van der Waals surface area contributed by atoms with Crippen LogP contribution < -0.4 is 11.6 Å². The number of hydrazine groups is 1. The van der Waals surface area contributed by atoms with E-state index in [4.69, 9.17) is 11.6 Å². The van der Waals surface area contributed by atoms with Crippen molar-refractivity contribution in [1.82, 2.24) is 5.01 Å². The fourth-order valence-corrected chi connectivity index (χ4v) is 1.52. The van der Waals surface area contributed by atoms with Gasteiger partial charge >= 0.3 is 0 Å². The summed E-state index contributed by atoms with van der Waals surface area (Å²) in [5, 5.41) is 0.684. The quantitative estimate of drug-likeness (QED) is 0.345. The predicted molar refractivity (Wildman–Crippen MR) is 67.4 cm³/mol. The van der Waals surface area contributed by atoms with Crippen molar-refractivity contribution in [3.05, 3.63) is 34.9 Å². The van der Waals surface area contributed by atoms with Gasteiger partial charge in [-0.1, -0.05) is 23.8 Å². The monoisotopic (exact) mass is 237 g/mol. The highest BCUT2D eigenvalue weighted by atomic mass is 32.1. The first-order chi connectivity index (χ1) is 7.41. The van der Waals surface area contributed by atoms with E-state index in [-0.39, 0.29) is 17.4 Å². The number of thiocarbonyl (C=S) groups is 1. The van der Waals surface area contributed by atoms with Crippen molar-refractivity contribution in [2.45, 2.75) is 20.3 Å².